The molecule has 0 saturated heterocycles. The van der Waals surface area contributed by atoms with Crippen molar-refractivity contribution in [1.82, 2.24) is 24.1 Å². The topological polar surface area (TPSA) is 89.2 Å². The molecular formula is C27H26N6O2S. The zero-order chi connectivity index (χ0) is 25.1. The summed E-state index contributed by atoms with van der Waals surface area (Å²) < 4.78 is 9.83. The first-order valence-electron chi connectivity index (χ1n) is 11.7. The molecule has 0 aliphatic heterocycles. The molecule has 182 valence electrons. The Labute approximate surface area is 213 Å². The van der Waals surface area contributed by atoms with Crippen molar-refractivity contribution in [2.75, 3.05) is 11.9 Å². The van der Waals surface area contributed by atoms with Crippen LogP contribution in [0.3, 0.4) is 0 Å². The number of aromatic amines is 1. The number of carbonyl (C=O) groups is 1. The first-order valence-corrected chi connectivity index (χ1v) is 12.2. The number of pyridine rings is 1. The average molecular weight is 499 g/mol. The van der Waals surface area contributed by atoms with Crippen LogP contribution in [0.2, 0.25) is 0 Å². The summed E-state index contributed by atoms with van der Waals surface area (Å²) in [5.74, 6) is 1.37. The summed E-state index contributed by atoms with van der Waals surface area (Å²) in [7, 11) is 0. The molecule has 0 aliphatic carbocycles. The van der Waals surface area contributed by atoms with E-state index in [1.165, 1.54) is 0 Å². The summed E-state index contributed by atoms with van der Waals surface area (Å²) in [5.41, 5.74) is 5.55. The first kappa shape index (κ1) is 23.5. The number of ether oxygens (including phenoxy) is 1. The van der Waals surface area contributed by atoms with Crippen molar-refractivity contribution in [2.45, 2.75) is 26.8 Å². The molecule has 0 spiro atoms. The van der Waals surface area contributed by atoms with Gasteiger partial charge in [0.05, 0.1) is 12.3 Å². The summed E-state index contributed by atoms with van der Waals surface area (Å²) in [6.07, 6.45) is 4.25. The van der Waals surface area contributed by atoms with Crippen LogP contribution >= 0.6 is 12.2 Å². The van der Waals surface area contributed by atoms with Crippen molar-refractivity contribution in [2.24, 2.45) is 0 Å². The lowest BCUT2D eigenvalue weighted by Crippen LogP contribution is -2.15. The first-order chi connectivity index (χ1) is 17.5. The van der Waals surface area contributed by atoms with E-state index in [-0.39, 0.29) is 12.3 Å². The van der Waals surface area contributed by atoms with Crippen LogP contribution in [0.1, 0.15) is 18.9 Å². The molecule has 0 aliphatic rings. The standard InChI is InChI=1S/C27H26N6O2S/c1-3-35-22-12-8-20(9-13-22)26-30-31-27(36)33(26)16-14-24(34)28-21-10-6-19(7-11-21)23-17-32-15-4-5-18(2)25(32)29-23/h4-13,15,17H,3,14,16H2,1-2H3,(H,28,34)(H,31,36). The molecule has 0 unspecified atom stereocenters. The highest BCUT2D eigenvalue weighted by Gasteiger charge is 2.12. The van der Waals surface area contributed by atoms with Crippen molar-refractivity contribution >= 4 is 29.5 Å². The fourth-order valence-corrected chi connectivity index (χ4v) is 4.29. The highest BCUT2D eigenvalue weighted by molar-refractivity contribution is 7.71. The van der Waals surface area contributed by atoms with Gasteiger partial charge < -0.3 is 14.5 Å². The minimum absolute atomic E-state index is 0.105. The van der Waals surface area contributed by atoms with Gasteiger partial charge in [-0.1, -0.05) is 18.2 Å². The van der Waals surface area contributed by atoms with Crippen LogP contribution in [-0.2, 0) is 11.3 Å². The highest BCUT2D eigenvalue weighted by atomic mass is 32.1. The number of hydrogen-bond acceptors (Lipinski definition) is 5. The Kier molecular flexibility index (Phi) is 6.64. The molecule has 5 rings (SSSR count). The number of aromatic nitrogens is 5. The normalized spacial score (nSPS) is 11.1. The molecule has 0 atom stereocenters. The number of imidazole rings is 1. The van der Waals surface area contributed by atoms with Gasteiger partial charge in [-0.2, -0.15) is 5.10 Å². The van der Waals surface area contributed by atoms with E-state index in [1.807, 2.05) is 95.9 Å². The van der Waals surface area contributed by atoms with Crippen molar-refractivity contribution in [1.29, 1.82) is 0 Å². The van der Waals surface area contributed by atoms with Crippen molar-refractivity contribution < 1.29 is 9.53 Å². The molecule has 2 N–H and O–H groups in total. The van der Waals surface area contributed by atoms with E-state index in [2.05, 4.69) is 15.5 Å². The minimum Gasteiger partial charge on any atom is -0.494 e. The molecular weight excluding hydrogens is 472 g/mol. The van der Waals surface area contributed by atoms with Gasteiger partial charge in [0.2, 0.25) is 5.91 Å². The van der Waals surface area contributed by atoms with Gasteiger partial charge in [0.1, 0.15) is 11.4 Å². The number of nitrogens with one attached hydrogen (secondary N) is 2. The largest absolute Gasteiger partial charge is 0.494 e. The third-order valence-electron chi connectivity index (χ3n) is 5.89. The predicted molar refractivity (Wildman–Crippen MR) is 143 cm³/mol. The van der Waals surface area contributed by atoms with Gasteiger partial charge in [0.15, 0.2) is 10.6 Å². The second-order valence-corrected chi connectivity index (χ2v) is 8.77. The molecule has 1 amide bonds. The zero-order valence-corrected chi connectivity index (χ0v) is 20.9. The number of rotatable bonds is 8. The number of H-pyrrole nitrogens is 1. The van der Waals surface area contributed by atoms with E-state index in [1.54, 1.807) is 0 Å². The summed E-state index contributed by atoms with van der Waals surface area (Å²) in [5, 5.41) is 10.1. The van der Waals surface area contributed by atoms with Gasteiger partial charge in [0, 0.05) is 42.2 Å². The van der Waals surface area contributed by atoms with Crippen LogP contribution in [0, 0.1) is 11.7 Å². The lowest BCUT2D eigenvalue weighted by Gasteiger charge is -2.09. The fraction of sp³-hybridized carbons (Fsp3) is 0.185. The smallest absolute Gasteiger partial charge is 0.226 e. The van der Waals surface area contributed by atoms with Crippen LogP contribution in [-0.4, -0.2) is 36.7 Å². The second kappa shape index (κ2) is 10.2. The zero-order valence-electron chi connectivity index (χ0n) is 20.1. The third-order valence-corrected chi connectivity index (χ3v) is 6.20. The Morgan fingerprint density at radius 2 is 1.83 bits per heavy atom. The van der Waals surface area contributed by atoms with E-state index < -0.39 is 0 Å². The van der Waals surface area contributed by atoms with Crippen LogP contribution in [0.4, 0.5) is 5.69 Å². The highest BCUT2D eigenvalue weighted by Crippen LogP contribution is 2.23. The van der Waals surface area contributed by atoms with Gasteiger partial charge in [-0.3, -0.25) is 14.5 Å². The summed E-state index contributed by atoms with van der Waals surface area (Å²) in [6.45, 7) is 5.00. The van der Waals surface area contributed by atoms with Gasteiger partial charge in [0.25, 0.3) is 0 Å². The Morgan fingerprint density at radius 1 is 1.08 bits per heavy atom. The fourth-order valence-electron chi connectivity index (χ4n) is 4.07. The van der Waals surface area contributed by atoms with Crippen molar-refractivity contribution in [3.8, 4) is 28.4 Å². The summed E-state index contributed by atoms with van der Waals surface area (Å²) in [6, 6.07) is 19.4. The number of benzene rings is 2. The van der Waals surface area contributed by atoms with Crippen molar-refractivity contribution in [3.63, 3.8) is 0 Å². The minimum atomic E-state index is -0.105. The number of fused-ring (bicyclic) bond motifs is 1. The number of anilines is 1. The molecule has 9 heteroatoms. The van der Waals surface area contributed by atoms with E-state index in [9.17, 15) is 4.79 Å². The SMILES string of the molecule is CCOc1ccc(-c2n[nH]c(=S)n2CCC(=O)Nc2ccc(-c3cn4cccc(C)c4n3)cc2)cc1. The second-order valence-electron chi connectivity index (χ2n) is 8.39. The van der Waals surface area contributed by atoms with Crippen LogP contribution in [0.25, 0.3) is 28.3 Å². The number of nitrogens with zero attached hydrogens (tertiary/aromatic N) is 4. The molecule has 0 radical (unpaired) electrons. The van der Waals surface area contributed by atoms with E-state index >= 15 is 0 Å². The van der Waals surface area contributed by atoms with Gasteiger partial charge in [-0.05, 0) is 74.1 Å². The molecule has 0 fully saturated rings. The van der Waals surface area contributed by atoms with Crippen LogP contribution < -0.4 is 10.1 Å². The third kappa shape index (κ3) is 4.92. The average Bonchev–Trinajstić information content (AvgIpc) is 3.48. The number of aryl methyl sites for hydroxylation is 1. The van der Waals surface area contributed by atoms with Crippen molar-refractivity contribution in [3.05, 3.63) is 83.4 Å². The van der Waals surface area contributed by atoms with Gasteiger partial charge in [-0.15, -0.1) is 0 Å². The molecule has 3 aromatic heterocycles. The molecule has 8 nitrogen and oxygen atoms in total. The lowest BCUT2D eigenvalue weighted by atomic mass is 10.1. The number of hydrogen-bond donors (Lipinski definition) is 2. The molecule has 36 heavy (non-hydrogen) atoms. The number of amides is 1. The molecule has 3 heterocycles. The lowest BCUT2D eigenvalue weighted by molar-refractivity contribution is -0.116. The Balaban J connectivity index is 1.23. The summed E-state index contributed by atoms with van der Waals surface area (Å²) in [4.78, 5) is 17.4. The maximum atomic E-state index is 12.7. The van der Waals surface area contributed by atoms with E-state index in [0.717, 1.165) is 39.5 Å². The van der Waals surface area contributed by atoms with Crippen LogP contribution in [0.5, 0.6) is 5.75 Å². The van der Waals surface area contributed by atoms with Gasteiger partial charge >= 0.3 is 0 Å². The Morgan fingerprint density at radius 3 is 2.56 bits per heavy atom. The van der Waals surface area contributed by atoms with E-state index in [4.69, 9.17) is 21.9 Å². The number of carbonyl (C=O) groups excluding carboxylic acids is 1. The summed E-state index contributed by atoms with van der Waals surface area (Å²) >= 11 is 5.40. The Hall–Kier alpha value is -4.24. The quantitative estimate of drug-likeness (QED) is 0.270. The molecule has 0 bridgehead atoms. The predicted octanol–water partition coefficient (Wildman–Crippen LogP) is 5.66. The van der Waals surface area contributed by atoms with Crippen LogP contribution in [0.15, 0.2) is 73.1 Å². The Bertz CT molecular complexity index is 1560. The van der Waals surface area contributed by atoms with E-state index in [0.29, 0.717) is 23.7 Å². The maximum absolute atomic E-state index is 12.7. The maximum Gasteiger partial charge on any atom is 0.226 e. The molecule has 5 aromatic rings. The molecule has 0 saturated carbocycles. The van der Waals surface area contributed by atoms with Gasteiger partial charge in [-0.25, -0.2) is 4.98 Å². The monoisotopic (exact) mass is 498 g/mol. The molecule has 2 aromatic carbocycles.